The summed E-state index contributed by atoms with van der Waals surface area (Å²) in [6.45, 7) is 3.91. The van der Waals surface area contributed by atoms with Crippen molar-refractivity contribution in [2.75, 3.05) is 45.3 Å². The minimum atomic E-state index is -5.00. The Balaban J connectivity index is 1.59. The number of morpholine rings is 1. The molecule has 11 heteroatoms. The maximum atomic E-state index is 14.3. The molecule has 1 aliphatic rings. The zero-order valence-electron chi connectivity index (χ0n) is 21.9. The van der Waals surface area contributed by atoms with E-state index >= 15 is 0 Å². The van der Waals surface area contributed by atoms with Crippen LogP contribution in [-0.4, -0.2) is 72.6 Å². The van der Waals surface area contributed by atoms with Gasteiger partial charge in [-0.15, -0.1) is 0 Å². The molecule has 0 radical (unpaired) electrons. The van der Waals surface area contributed by atoms with Gasteiger partial charge in [0.2, 0.25) is 0 Å². The van der Waals surface area contributed by atoms with E-state index in [-0.39, 0.29) is 22.9 Å². The summed E-state index contributed by atoms with van der Waals surface area (Å²) in [6, 6.07) is 11.6. The summed E-state index contributed by atoms with van der Waals surface area (Å²) >= 11 is 0. The molecule has 4 rings (SSSR count). The third-order valence-electron chi connectivity index (χ3n) is 6.97. The molecule has 3 aromatic rings. The minimum absolute atomic E-state index is 0.208. The van der Waals surface area contributed by atoms with E-state index in [9.17, 15) is 27.5 Å². The number of benzene rings is 2. The molecule has 7 nitrogen and oxygen atoms in total. The van der Waals surface area contributed by atoms with E-state index in [1.807, 2.05) is 0 Å². The van der Waals surface area contributed by atoms with Crippen LogP contribution in [0.4, 0.5) is 23.2 Å². The summed E-state index contributed by atoms with van der Waals surface area (Å²) in [6.07, 6.45) is -5.77. The smallest absolute Gasteiger partial charge is 0.418 e. The fourth-order valence-electron chi connectivity index (χ4n) is 4.90. The third-order valence-corrected chi connectivity index (χ3v) is 6.97. The Morgan fingerprint density at radius 3 is 2.51 bits per heavy atom. The van der Waals surface area contributed by atoms with Gasteiger partial charge in [0.15, 0.2) is 5.60 Å². The zero-order chi connectivity index (χ0) is 28.4. The van der Waals surface area contributed by atoms with Crippen LogP contribution in [0, 0.1) is 5.82 Å². The lowest BCUT2D eigenvalue weighted by atomic mass is 9.74. The predicted molar refractivity (Wildman–Crippen MR) is 139 cm³/mol. The first-order valence-corrected chi connectivity index (χ1v) is 12.5. The average Bonchev–Trinajstić information content (AvgIpc) is 2.90. The number of carbonyl (C=O) groups is 1. The number of nitrogens with zero attached hydrogens (tertiary/aromatic N) is 2. The highest BCUT2D eigenvalue weighted by Crippen LogP contribution is 2.44. The molecule has 0 bridgehead atoms. The Bertz CT molecular complexity index is 1340. The first-order chi connectivity index (χ1) is 18.3. The van der Waals surface area contributed by atoms with E-state index in [0.717, 1.165) is 12.1 Å². The van der Waals surface area contributed by atoms with Gasteiger partial charge in [-0.25, -0.2) is 9.37 Å². The number of alkyl halides is 3. The Hall–Kier alpha value is -3.44. The van der Waals surface area contributed by atoms with E-state index in [0.29, 0.717) is 42.9 Å². The molecule has 210 valence electrons. The molecule has 0 spiro atoms. The summed E-state index contributed by atoms with van der Waals surface area (Å²) in [5, 5.41) is 14.2. The second-order valence-corrected chi connectivity index (χ2v) is 10.3. The van der Waals surface area contributed by atoms with Crippen LogP contribution >= 0.6 is 0 Å². The molecule has 1 atom stereocenters. The number of aliphatic hydroxyl groups is 1. The number of carbonyl (C=O) groups excluding carboxylic acids is 1. The fraction of sp³-hybridized carbons (Fsp3) is 0.429. The summed E-state index contributed by atoms with van der Waals surface area (Å²) in [5.74, 6) is -0.649. The van der Waals surface area contributed by atoms with Gasteiger partial charge in [0.25, 0.3) is 5.91 Å². The molecule has 2 heterocycles. The molecular weight excluding hydrogens is 518 g/mol. The lowest BCUT2D eigenvalue weighted by Crippen LogP contribution is -2.53. The number of fused-ring (bicyclic) bond motifs is 1. The Labute approximate surface area is 223 Å². The molecule has 2 N–H and O–H groups in total. The van der Waals surface area contributed by atoms with Gasteiger partial charge in [0, 0.05) is 29.7 Å². The van der Waals surface area contributed by atoms with Gasteiger partial charge in [-0.1, -0.05) is 19.9 Å². The van der Waals surface area contributed by atoms with Crippen molar-refractivity contribution in [1.82, 2.24) is 9.88 Å². The highest BCUT2D eigenvalue weighted by atomic mass is 19.4. The number of anilines is 1. The second-order valence-electron chi connectivity index (χ2n) is 10.3. The van der Waals surface area contributed by atoms with E-state index in [1.165, 1.54) is 33.1 Å². The number of rotatable bonds is 8. The summed E-state index contributed by atoms with van der Waals surface area (Å²) in [5.41, 5.74) is -3.32. The quantitative estimate of drug-likeness (QED) is 0.388. The van der Waals surface area contributed by atoms with Gasteiger partial charge >= 0.3 is 6.18 Å². The van der Waals surface area contributed by atoms with Gasteiger partial charge in [-0.3, -0.25) is 4.79 Å². The molecule has 1 saturated heterocycles. The molecule has 0 saturated carbocycles. The summed E-state index contributed by atoms with van der Waals surface area (Å²) in [7, 11) is 1.35. The van der Waals surface area contributed by atoms with Crippen LogP contribution in [0.1, 0.15) is 36.3 Å². The van der Waals surface area contributed by atoms with Crippen molar-refractivity contribution in [1.29, 1.82) is 0 Å². The van der Waals surface area contributed by atoms with Gasteiger partial charge in [0.1, 0.15) is 17.3 Å². The number of ether oxygens (including phenoxy) is 2. The molecule has 39 heavy (non-hydrogen) atoms. The third kappa shape index (κ3) is 6.09. The number of hydrogen-bond acceptors (Lipinski definition) is 6. The SMILES string of the molecule is COc1ccc(F)cc1C(C)(C)CC(O)(CNc1cccc2nc(C(=O)N3CCOCC3)ccc12)C(F)(F)F. The van der Waals surface area contributed by atoms with Gasteiger partial charge in [-0.2, -0.15) is 13.2 Å². The number of nitrogens with one attached hydrogen (secondary N) is 1. The molecule has 1 aliphatic heterocycles. The fourth-order valence-corrected chi connectivity index (χ4v) is 4.90. The number of aromatic nitrogens is 1. The van der Waals surface area contributed by atoms with E-state index in [2.05, 4.69) is 10.3 Å². The van der Waals surface area contributed by atoms with Crippen LogP contribution in [0.25, 0.3) is 10.9 Å². The molecular formula is C28H31F4N3O4. The van der Waals surface area contributed by atoms with Crippen molar-refractivity contribution in [3.05, 3.63) is 65.6 Å². The minimum Gasteiger partial charge on any atom is -0.496 e. The molecule has 0 aliphatic carbocycles. The van der Waals surface area contributed by atoms with Crippen LogP contribution in [0.15, 0.2) is 48.5 Å². The van der Waals surface area contributed by atoms with Gasteiger partial charge < -0.3 is 24.8 Å². The normalized spacial score (nSPS) is 16.2. The second kappa shape index (κ2) is 11.0. The monoisotopic (exact) mass is 549 g/mol. The number of pyridine rings is 1. The van der Waals surface area contributed by atoms with Crippen molar-refractivity contribution >= 4 is 22.5 Å². The summed E-state index contributed by atoms with van der Waals surface area (Å²) < 4.78 is 67.4. The number of amides is 1. The van der Waals surface area contributed by atoms with Crippen molar-refractivity contribution in [3.63, 3.8) is 0 Å². The van der Waals surface area contributed by atoms with Crippen molar-refractivity contribution in [2.24, 2.45) is 0 Å². The van der Waals surface area contributed by atoms with Crippen molar-refractivity contribution < 1.29 is 36.9 Å². The Morgan fingerprint density at radius 2 is 1.85 bits per heavy atom. The van der Waals surface area contributed by atoms with E-state index in [4.69, 9.17) is 9.47 Å². The number of halogens is 4. The molecule has 2 aromatic carbocycles. The largest absolute Gasteiger partial charge is 0.496 e. The van der Waals surface area contributed by atoms with Crippen LogP contribution in [0.3, 0.4) is 0 Å². The van der Waals surface area contributed by atoms with E-state index in [1.54, 1.807) is 29.2 Å². The van der Waals surface area contributed by atoms with Crippen LogP contribution in [-0.2, 0) is 10.2 Å². The zero-order valence-corrected chi connectivity index (χ0v) is 21.9. The standard InChI is InChI=1S/C28H31F4N3O4/c1-26(2,20-15-18(29)7-10-24(20)38-3)16-27(37,28(30,31)32)17-33-21-5-4-6-22-19(21)8-9-23(34-22)25(36)35-11-13-39-14-12-35/h4-10,15,33,37H,11-14,16-17H2,1-3H3. The maximum absolute atomic E-state index is 14.3. The van der Waals surface area contributed by atoms with Gasteiger partial charge in [0.05, 0.1) is 32.4 Å². The number of methoxy groups -OCH3 is 1. The Kier molecular flexibility index (Phi) is 8.04. The molecule has 1 amide bonds. The highest BCUT2D eigenvalue weighted by molar-refractivity contribution is 5.97. The van der Waals surface area contributed by atoms with Crippen LogP contribution < -0.4 is 10.1 Å². The lowest BCUT2D eigenvalue weighted by Gasteiger charge is -2.38. The molecule has 1 aromatic heterocycles. The van der Waals surface area contributed by atoms with Crippen molar-refractivity contribution in [3.8, 4) is 5.75 Å². The molecule has 1 unspecified atom stereocenters. The van der Waals surface area contributed by atoms with E-state index < -0.39 is 36.0 Å². The topological polar surface area (TPSA) is 83.9 Å². The number of hydrogen-bond donors (Lipinski definition) is 2. The first kappa shape index (κ1) is 28.6. The first-order valence-electron chi connectivity index (χ1n) is 12.5. The van der Waals surface area contributed by atoms with Gasteiger partial charge in [-0.05, 0) is 54.3 Å². The van der Waals surface area contributed by atoms with Crippen molar-refractivity contribution in [2.45, 2.75) is 37.5 Å². The van der Waals surface area contributed by atoms with Crippen LogP contribution in [0.2, 0.25) is 0 Å². The Morgan fingerprint density at radius 1 is 1.13 bits per heavy atom. The predicted octanol–water partition coefficient (Wildman–Crippen LogP) is 4.93. The molecule has 1 fully saturated rings. The highest BCUT2D eigenvalue weighted by Gasteiger charge is 2.56. The van der Waals surface area contributed by atoms with Crippen LogP contribution in [0.5, 0.6) is 5.75 Å². The lowest BCUT2D eigenvalue weighted by molar-refractivity contribution is -0.260. The average molecular weight is 550 g/mol. The summed E-state index contributed by atoms with van der Waals surface area (Å²) in [4.78, 5) is 18.9. The maximum Gasteiger partial charge on any atom is 0.418 e.